The third-order valence-electron chi connectivity index (χ3n) is 5.45. The first-order valence-corrected chi connectivity index (χ1v) is 10.5. The van der Waals surface area contributed by atoms with Crippen molar-refractivity contribution in [3.05, 3.63) is 18.2 Å². The molecule has 1 atom stereocenters. The van der Waals surface area contributed by atoms with Crippen molar-refractivity contribution in [2.75, 3.05) is 53.5 Å². The third kappa shape index (κ3) is 3.90. The molecule has 0 aliphatic carbocycles. The molecule has 0 bridgehead atoms. The number of carbonyl (C=O) groups excluding carboxylic acids is 1. The fourth-order valence-electron chi connectivity index (χ4n) is 3.43. The number of nitrogens with zero attached hydrogens (tertiary/aromatic N) is 2. The Balaban J connectivity index is 1.70. The van der Waals surface area contributed by atoms with Gasteiger partial charge in [-0.2, -0.15) is 4.31 Å². The second-order valence-electron chi connectivity index (χ2n) is 6.95. The highest BCUT2D eigenvalue weighted by Crippen LogP contribution is 2.31. The van der Waals surface area contributed by atoms with Crippen molar-refractivity contribution in [3.63, 3.8) is 0 Å². The Kier molecular flexibility index (Phi) is 5.92. The highest BCUT2D eigenvalue weighted by atomic mass is 32.2. The molecule has 2 aliphatic rings. The van der Waals surface area contributed by atoms with Crippen LogP contribution in [0.15, 0.2) is 23.1 Å². The van der Waals surface area contributed by atoms with Gasteiger partial charge in [-0.3, -0.25) is 4.79 Å². The third-order valence-corrected chi connectivity index (χ3v) is 7.37. The first-order valence-electron chi connectivity index (χ1n) is 9.10. The van der Waals surface area contributed by atoms with Crippen LogP contribution in [0, 0.1) is 11.8 Å². The molecular weight excluding hydrogens is 370 g/mol. The van der Waals surface area contributed by atoms with E-state index in [9.17, 15) is 13.2 Å². The van der Waals surface area contributed by atoms with Gasteiger partial charge < -0.3 is 19.7 Å². The second-order valence-corrected chi connectivity index (χ2v) is 8.86. The molecule has 2 aliphatic heterocycles. The summed E-state index contributed by atoms with van der Waals surface area (Å²) in [5.74, 6) is 1.18. The average Bonchev–Trinajstić information content (AvgIpc) is 2.65. The van der Waals surface area contributed by atoms with Gasteiger partial charge in [0.2, 0.25) is 15.9 Å². The maximum absolute atomic E-state index is 13.1. The van der Waals surface area contributed by atoms with Crippen molar-refractivity contribution in [3.8, 4) is 11.5 Å². The lowest BCUT2D eigenvalue weighted by Crippen LogP contribution is -2.55. The summed E-state index contributed by atoms with van der Waals surface area (Å²) in [4.78, 5) is 14.5. The van der Waals surface area contributed by atoms with Crippen LogP contribution in [0.3, 0.4) is 0 Å². The highest BCUT2D eigenvalue weighted by molar-refractivity contribution is 7.89. The lowest BCUT2D eigenvalue weighted by atomic mass is 9.88. The van der Waals surface area contributed by atoms with Crippen molar-refractivity contribution < 1.29 is 22.7 Å². The van der Waals surface area contributed by atoms with E-state index in [4.69, 9.17) is 9.47 Å². The molecule has 2 fully saturated rings. The number of sulfonamides is 1. The van der Waals surface area contributed by atoms with E-state index in [1.165, 1.54) is 24.6 Å². The van der Waals surface area contributed by atoms with E-state index in [-0.39, 0.29) is 35.6 Å². The Bertz CT molecular complexity index is 786. The first kappa shape index (κ1) is 19.9. The number of methoxy groups -OCH3 is 2. The van der Waals surface area contributed by atoms with Crippen LogP contribution in [-0.4, -0.2) is 77.0 Å². The van der Waals surface area contributed by atoms with Crippen LogP contribution in [0.1, 0.15) is 6.92 Å². The molecule has 8 nitrogen and oxygen atoms in total. The predicted octanol–water partition coefficient (Wildman–Crippen LogP) is 0.392. The zero-order valence-corrected chi connectivity index (χ0v) is 16.8. The summed E-state index contributed by atoms with van der Waals surface area (Å²) >= 11 is 0. The van der Waals surface area contributed by atoms with Crippen LogP contribution in [0.25, 0.3) is 0 Å². The van der Waals surface area contributed by atoms with Gasteiger partial charge >= 0.3 is 0 Å². The number of benzene rings is 1. The molecule has 27 heavy (non-hydrogen) atoms. The van der Waals surface area contributed by atoms with Crippen molar-refractivity contribution in [1.82, 2.24) is 14.5 Å². The van der Waals surface area contributed by atoms with Gasteiger partial charge in [-0.25, -0.2) is 8.42 Å². The maximum atomic E-state index is 13.1. The fourth-order valence-corrected chi connectivity index (χ4v) is 5.02. The molecule has 0 aromatic heterocycles. The van der Waals surface area contributed by atoms with Crippen LogP contribution < -0.4 is 14.8 Å². The largest absolute Gasteiger partial charge is 0.497 e. The molecule has 0 saturated carbocycles. The van der Waals surface area contributed by atoms with E-state index in [1.807, 2.05) is 6.92 Å². The molecule has 0 spiro atoms. The fraction of sp³-hybridized carbons (Fsp3) is 0.611. The molecule has 3 rings (SSSR count). The number of piperazine rings is 1. The number of rotatable bonds is 6. The van der Waals surface area contributed by atoms with Crippen LogP contribution in [0.5, 0.6) is 11.5 Å². The Hall–Kier alpha value is -1.84. The number of hydrogen-bond acceptors (Lipinski definition) is 6. The van der Waals surface area contributed by atoms with Gasteiger partial charge in [0.25, 0.3) is 0 Å². The Morgan fingerprint density at radius 3 is 2.33 bits per heavy atom. The molecule has 1 unspecified atom stereocenters. The van der Waals surface area contributed by atoms with E-state index >= 15 is 0 Å². The van der Waals surface area contributed by atoms with E-state index in [0.29, 0.717) is 24.8 Å². The number of carbonyl (C=O) groups is 1. The minimum Gasteiger partial charge on any atom is -0.497 e. The molecule has 1 amide bonds. The van der Waals surface area contributed by atoms with E-state index in [2.05, 4.69) is 5.32 Å². The highest BCUT2D eigenvalue weighted by Gasteiger charge is 2.36. The second kappa shape index (κ2) is 8.04. The number of nitrogens with one attached hydrogen (secondary N) is 1. The Morgan fingerprint density at radius 2 is 1.81 bits per heavy atom. The van der Waals surface area contributed by atoms with Crippen molar-refractivity contribution in [2.45, 2.75) is 11.8 Å². The molecule has 1 N–H and O–H groups in total. The summed E-state index contributed by atoms with van der Waals surface area (Å²) in [5, 5.41) is 3.18. The molecule has 9 heteroatoms. The van der Waals surface area contributed by atoms with Gasteiger partial charge in [0.1, 0.15) is 16.4 Å². The van der Waals surface area contributed by atoms with E-state index in [1.54, 1.807) is 17.0 Å². The Labute approximate surface area is 160 Å². The van der Waals surface area contributed by atoms with Gasteiger partial charge in [-0.15, -0.1) is 0 Å². The van der Waals surface area contributed by atoms with E-state index < -0.39 is 10.0 Å². The van der Waals surface area contributed by atoms with Crippen molar-refractivity contribution in [1.29, 1.82) is 0 Å². The SMILES string of the molecule is COc1ccc(OC)c(S(=O)(=O)N2CCN(C(=O)C(C)C3CNC3)CC2)c1. The topological polar surface area (TPSA) is 88.2 Å². The maximum Gasteiger partial charge on any atom is 0.247 e. The lowest BCUT2D eigenvalue weighted by molar-refractivity contribution is -0.138. The van der Waals surface area contributed by atoms with Gasteiger partial charge in [-0.05, 0) is 31.1 Å². The lowest BCUT2D eigenvalue weighted by Gasteiger charge is -2.38. The summed E-state index contributed by atoms with van der Waals surface area (Å²) in [7, 11) is -0.810. The zero-order valence-electron chi connectivity index (χ0n) is 16.0. The van der Waals surface area contributed by atoms with Gasteiger partial charge in [0.15, 0.2) is 0 Å². The van der Waals surface area contributed by atoms with Crippen LogP contribution >= 0.6 is 0 Å². The predicted molar refractivity (Wildman–Crippen MR) is 100 cm³/mol. The average molecular weight is 397 g/mol. The minimum atomic E-state index is -3.74. The smallest absolute Gasteiger partial charge is 0.247 e. The molecule has 0 radical (unpaired) electrons. The van der Waals surface area contributed by atoms with Gasteiger partial charge in [0, 0.05) is 38.2 Å². The molecular formula is C18H27N3O5S. The zero-order chi connectivity index (χ0) is 19.6. The number of amides is 1. The first-order chi connectivity index (χ1) is 12.9. The summed E-state index contributed by atoms with van der Waals surface area (Å²) in [5.41, 5.74) is 0. The molecule has 2 saturated heterocycles. The summed E-state index contributed by atoms with van der Waals surface area (Å²) < 4.78 is 38.0. The summed E-state index contributed by atoms with van der Waals surface area (Å²) in [6.07, 6.45) is 0. The minimum absolute atomic E-state index is 0.0344. The van der Waals surface area contributed by atoms with Crippen molar-refractivity contribution >= 4 is 15.9 Å². The normalized spacial score (nSPS) is 20.0. The molecule has 150 valence electrons. The number of hydrogen-bond donors (Lipinski definition) is 1. The monoisotopic (exact) mass is 397 g/mol. The van der Waals surface area contributed by atoms with Gasteiger partial charge in [-0.1, -0.05) is 6.92 Å². The summed E-state index contributed by atoms with van der Waals surface area (Å²) in [6.45, 7) is 5.03. The number of ether oxygens (including phenoxy) is 2. The van der Waals surface area contributed by atoms with Crippen LogP contribution in [0.2, 0.25) is 0 Å². The molecule has 1 aromatic carbocycles. The summed E-state index contributed by atoms with van der Waals surface area (Å²) in [6, 6.07) is 4.71. The molecule has 1 aromatic rings. The quantitative estimate of drug-likeness (QED) is 0.747. The van der Waals surface area contributed by atoms with Crippen molar-refractivity contribution in [2.24, 2.45) is 11.8 Å². The standard InChI is InChI=1S/C18H27N3O5S/c1-13(14-11-19-12-14)18(22)20-6-8-21(9-7-20)27(23,24)17-10-15(25-2)4-5-16(17)26-3/h4-5,10,13-14,19H,6-9,11-12H2,1-3H3. The van der Waals surface area contributed by atoms with Gasteiger partial charge in [0.05, 0.1) is 14.2 Å². The van der Waals surface area contributed by atoms with Crippen LogP contribution in [-0.2, 0) is 14.8 Å². The van der Waals surface area contributed by atoms with Crippen LogP contribution in [0.4, 0.5) is 0 Å². The Morgan fingerprint density at radius 1 is 1.15 bits per heavy atom. The van der Waals surface area contributed by atoms with E-state index in [0.717, 1.165) is 13.1 Å². The molecule has 2 heterocycles.